The number of rotatable bonds is 7. The van der Waals surface area contributed by atoms with Crippen LogP contribution in [0.25, 0.3) is 0 Å². The van der Waals surface area contributed by atoms with E-state index in [4.69, 9.17) is 5.11 Å². The van der Waals surface area contributed by atoms with Gasteiger partial charge in [0, 0.05) is 29.7 Å². The highest BCUT2D eigenvalue weighted by atomic mass is 32.1. The van der Waals surface area contributed by atoms with Gasteiger partial charge in [-0.1, -0.05) is 18.2 Å². The van der Waals surface area contributed by atoms with Crippen molar-refractivity contribution in [3.05, 3.63) is 46.9 Å². The fraction of sp³-hybridized carbons (Fsp3) is 0.286. The van der Waals surface area contributed by atoms with Crippen LogP contribution in [0.5, 0.6) is 0 Å². The molecule has 1 heterocycles. The van der Waals surface area contributed by atoms with Crippen LogP contribution in [-0.2, 0) is 11.3 Å². The van der Waals surface area contributed by atoms with E-state index in [1.807, 2.05) is 42.0 Å². The summed E-state index contributed by atoms with van der Waals surface area (Å²) in [5, 5.41) is 8.73. The van der Waals surface area contributed by atoms with Crippen LogP contribution in [-0.4, -0.2) is 22.6 Å². The number of carbonyl (C=O) groups is 1. The molecule has 19 heavy (non-hydrogen) atoms. The summed E-state index contributed by atoms with van der Waals surface area (Å²) in [4.78, 5) is 18.1. The fourth-order valence-corrected chi connectivity index (χ4v) is 2.48. The first-order valence-electron chi connectivity index (χ1n) is 6.15. The summed E-state index contributed by atoms with van der Waals surface area (Å²) in [5.41, 5.74) is 2.93. The number of nitrogens with zero attached hydrogens (tertiary/aromatic N) is 2. The molecule has 0 unspecified atom stereocenters. The third-order valence-electron chi connectivity index (χ3n) is 2.77. The molecule has 0 amide bonds. The molecule has 0 aliphatic heterocycles. The molecule has 0 saturated heterocycles. The molecule has 2 rings (SSSR count). The molecule has 0 aliphatic carbocycles. The fourth-order valence-electron chi connectivity index (χ4n) is 1.87. The van der Waals surface area contributed by atoms with E-state index < -0.39 is 5.97 Å². The van der Waals surface area contributed by atoms with Crippen LogP contribution in [0.3, 0.4) is 0 Å². The SMILES string of the molecule is O=C(O)CCCN(Cc1cncs1)c1ccccc1. The molecule has 0 spiro atoms. The van der Waals surface area contributed by atoms with Gasteiger partial charge in [0.1, 0.15) is 0 Å². The quantitative estimate of drug-likeness (QED) is 0.844. The summed E-state index contributed by atoms with van der Waals surface area (Å²) in [6.07, 6.45) is 2.70. The number of hydrogen-bond donors (Lipinski definition) is 1. The van der Waals surface area contributed by atoms with E-state index in [0.717, 1.165) is 18.8 Å². The Hall–Kier alpha value is -1.88. The predicted octanol–water partition coefficient (Wildman–Crippen LogP) is 3.01. The Morgan fingerprint density at radius 3 is 2.74 bits per heavy atom. The van der Waals surface area contributed by atoms with E-state index in [9.17, 15) is 4.79 Å². The molecule has 0 fully saturated rings. The summed E-state index contributed by atoms with van der Waals surface area (Å²) in [6.45, 7) is 1.50. The van der Waals surface area contributed by atoms with Crippen molar-refractivity contribution < 1.29 is 9.90 Å². The molecule has 4 nitrogen and oxygen atoms in total. The van der Waals surface area contributed by atoms with Crippen LogP contribution in [0, 0.1) is 0 Å². The van der Waals surface area contributed by atoms with Gasteiger partial charge in [-0.05, 0) is 18.6 Å². The summed E-state index contributed by atoms with van der Waals surface area (Å²) in [5.74, 6) is -0.745. The lowest BCUT2D eigenvalue weighted by Crippen LogP contribution is -2.23. The van der Waals surface area contributed by atoms with Crippen molar-refractivity contribution in [3.63, 3.8) is 0 Å². The summed E-state index contributed by atoms with van der Waals surface area (Å²) < 4.78 is 0. The normalized spacial score (nSPS) is 10.3. The van der Waals surface area contributed by atoms with E-state index in [0.29, 0.717) is 6.42 Å². The van der Waals surface area contributed by atoms with Gasteiger partial charge in [0.15, 0.2) is 0 Å². The monoisotopic (exact) mass is 276 g/mol. The van der Waals surface area contributed by atoms with Gasteiger partial charge in [0.05, 0.1) is 12.1 Å². The Labute approximate surface area is 116 Å². The minimum atomic E-state index is -0.745. The molecule has 2 aromatic rings. The highest BCUT2D eigenvalue weighted by Gasteiger charge is 2.09. The van der Waals surface area contributed by atoms with Gasteiger partial charge >= 0.3 is 5.97 Å². The standard InChI is InChI=1S/C14H16N2O2S/c17-14(18)7-4-8-16(10-13-9-15-11-19-13)12-5-2-1-3-6-12/h1-3,5-6,9,11H,4,7-8,10H2,(H,17,18). The number of para-hydroxylation sites is 1. The summed E-state index contributed by atoms with van der Waals surface area (Å²) in [6, 6.07) is 10.0. The Kier molecular flexibility index (Phi) is 4.92. The molecule has 1 aromatic carbocycles. The molecule has 0 atom stereocenters. The zero-order valence-corrected chi connectivity index (χ0v) is 11.3. The summed E-state index contributed by atoms with van der Waals surface area (Å²) in [7, 11) is 0. The number of thiazole rings is 1. The van der Waals surface area contributed by atoms with Crippen molar-refractivity contribution in [2.24, 2.45) is 0 Å². The predicted molar refractivity (Wildman–Crippen MR) is 76.5 cm³/mol. The minimum absolute atomic E-state index is 0.200. The summed E-state index contributed by atoms with van der Waals surface area (Å²) >= 11 is 1.62. The lowest BCUT2D eigenvalue weighted by Gasteiger charge is -2.23. The van der Waals surface area contributed by atoms with Crippen molar-refractivity contribution in [2.45, 2.75) is 19.4 Å². The molecular weight excluding hydrogens is 260 g/mol. The number of hydrogen-bond acceptors (Lipinski definition) is 4. The van der Waals surface area contributed by atoms with Crippen molar-refractivity contribution in [1.82, 2.24) is 4.98 Å². The van der Waals surface area contributed by atoms with Crippen molar-refractivity contribution in [1.29, 1.82) is 0 Å². The lowest BCUT2D eigenvalue weighted by molar-refractivity contribution is -0.137. The van der Waals surface area contributed by atoms with Crippen LogP contribution in [0.4, 0.5) is 5.69 Å². The third-order valence-corrected chi connectivity index (χ3v) is 3.53. The van der Waals surface area contributed by atoms with Gasteiger partial charge in [-0.2, -0.15) is 0 Å². The molecule has 0 aliphatic rings. The number of benzene rings is 1. The van der Waals surface area contributed by atoms with Crippen LogP contribution in [0.1, 0.15) is 17.7 Å². The minimum Gasteiger partial charge on any atom is -0.481 e. The molecule has 1 aromatic heterocycles. The first-order chi connectivity index (χ1) is 9.25. The van der Waals surface area contributed by atoms with E-state index in [-0.39, 0.29) is 6.42 Å². The molecule has 0 bridgehead atoms. The van der Waals surface area contributed by atoms with Gasteiger partial charge in [0.25, 0.3) is 0 Å². The van der Waals surface area contributed by atoms with E-state index >= 15 is 0 Å². The van der Waals surface area contributed by atoms with Crippen molar-refractivity contribution >= 4 is 23.0 Å². The number of aliphatic carboxylic acids is 1. The second-order valence-electron chi connectivity index (χ2n) is 4.22. The number of carboxylic acid groups (broad SMARTS) is 1. The number of anilines is 1. The Balaban J connectivity index is 2.02. The molecule has 0 saturated carbocycles. The van der Waals surface area contributed by atoms with E-state index in [1.54, 1.807) is 11.3 Å². The molecule has 100 valence electrons. The first kappa shape index (κ1) is 13.5. The lowest BCUT2D eigenvalue weighted by atomic mass is 10.2. The van der Waals surface area contributed by atoms with Crippen molar-refractivity contribution in [3.8, 4) is 0 Å². The molecular formula is C14H16N2O2S. The van der Waals surface area contributed by atoms with Gasteiger partial charge in [-0.25, -0.2) is 0 Å². The zero-order chi connectivity index (χ0) is 13.5. The second kappa shape index (κ2) is 6.89. The van der Waals surface area contributed by atoms with E-state index in [1.165, 1.54) is 4.88 Å². The van der Waals surface area contributed by atoms with Gasteiger partial charge in [0.2, 0.25) is 0 Å². The molecule has 0 radical (unpaired) electrons. The topological polar surface area (TPSA) is 53.4 Å². The van der Waals surface area contributed by atoms with Crippen molar-refractivity contribution in [2.75, 3.05) is 11.4 Å². The third kappa shape index (κ3) is 4.37. The molecule has 1 N–H and O–H groups in total. The maximum absolute atomic E-state index is 10.6. The van der Waals surface area contributed by atoms with Crippen LogP contribution in [0.15, 0.2) is 42.0 Å². The average molecular weight is 276 g/mol. The van der Waals surface area contributed by atoms with E-state index in [2.05, 4.69) is 9.88 Å². The first-order valence-corrected chi connectivity index (χ1v) is 7.03. The molecule has 5 heteroatoms. The smallest absolute Gasteiger partial charge is 0.303 e. The Morgan fingerprint density at radius 2 is 2.11 bits per heavy atom. The Bertz CT molecular complexity index is 499. The number of aromatic nitrogens is 1. The number of carboxylic acids is 1. The average Bonchev–Trinajstić information content (AvgIpc) is 2.91. The zero-order valence-electron chi connectivity index (χ0n) is 10.5. The highest BCUT2D eigenvalue weighted by Crippen LogP contribution is 2.19. The largest absolute Gasteiger partial charge is 0.481 e. The van der Waals surface area contributed by atoms with Crippen LogP contribution in [0.2, 0.25) is 0 Å². The highest BCUT2D eigenvalue weighted by molar-refractivity contribution is 7.09. The van der Waals surface area contributed by atoms with Crippen LogP contribution < -0.4 is 4.90 Å². The van der Waals surface area contributed by atoms with Gasteiger partial charge < -0.3 is 10.0 Å². The van der Waals surface area contributed by atoms with Gasteiger partial charge in [-0.15, -0.1) is 11.3 Å². The van der Waals surface area contributed by atoms with Gasteiger partial charge in [-0.3, -0.25) is 9.78 Å². The second-order valence-corrected chi connectivity index (χ2v) is 5.19. The van der Waals surface area contributed by atoms with Crippen LogP contribution >= 0.6 is 11.3 Å². The maximum Gasteiger partial charge on any atom is 0.303 e. The maximum atomic E-state index is 10.6. The Morgan fingerprint density at radius 1 is 1.32 bits per heavy atom.